The minimum absolute atomic E-state index is 0.213. The normalized spacial score (nSPS) is 24.8. The van der Waals surface area contributed by atoms with Crippen molar-refractivity contribution in [2.24, 2.45) is 0 Å². The first-order chi connectivity index (χ1) is 8.05. The smallest absolute Gasteiger partial charge is 0.266 e. The van der Waals surface area contributed by atoms with Crippen LogP contribution >= 0.6 is 0 Å². The Labute approximate surface area is 99.9 Å². The van der Waals surface area contributed by atoms with Crippen LogP contribution in [0.2, 0.25) is 0 Å². The molecule has 1 fully saturated rings. The molecule has 1 unspecified atom stereocenters. The van der Waals surface area contributed by atoms with Gasteiger partial charge >= 0.3 is 0 Å². The third-order valence-corrected chi connectivity index (χ3v) is 3.17. The lowest BCUT2D eigenvalue weighted by atomic mass is 9.88. The zero-order valence-corrected chi connectivity index (χ0v) is 9.72. The van der Waals surface area contributed by atoms with E-state index in [4.69, 9.17) is 0 Å². The Balaban J connectivity index is 2.32. The molecule has 4 nitrogen and oxygen atoms in total. The molecule has 0 saturated carbocycles. The Morgan fingerprint density at radius 3 is 2.59 bits per heavy atom. The van der Waals surface area contributed by atoms with Crippen molar-refractivity contribution in [1.29, 1.82) is 0 Å². The second kappa shape index (κ2) is 4.30. The average Bonchev–Trinajstić information content (AvgIpc) is 2.33. The minimum atomic E-state index is -1.84. The zero-order chi connectivity index (χ0) is 12.5. The fourth-order valence-electron chi connectivity index (χ4n) is 2.11. The van der Waals surface area contributed by atoms with Crippen LogP contribution in [0.25, 0.3) is 0 Å². The Hall–Kier alpha value is -1.68. The summed E-state index contributed by atoms with van der Waals surface area (Å²) < 4.78 is 0. The molecule has 1 saturated heterocycles. The van der Waals surface area contributed by atoms with E-state index >= 15 is 0 Å². The lowest BCUT2D eigenvalue weighted by Gasteiger charge is -2.36. The molecule has 0 aliphatic carbocycles. The third-order valence-electron chi connectivity index (χ3n) is 3.17. The first kappa shape index (κ1) is 11.8. The molecule has 1 amide bonds. The SMILES string of the molecule is CC(=O)C1(O)CCCN(c2ccccc2)C1=O. The van der Waals surface area contributed by atoms with Crippen LogP contribution in [-0.2, 0) is 9.59 Å². The number of ketones is 1. The molecule has 90 valence electrons. The topological polar surface area (TPSA) is 57.6 Å². The standard InChI is InChI=1S/C13H15NO3/c1-10(15)13(17)8-5-9-14(12(13)16)11-6-3-2-4-7-11/h2-4,6-7,17H,5,8-9H2,1H3. The van der Waals surface area contributed by atoms with Gasteiger partial charge in [0.1, 0.15) is 0 Å². The van der Waals surface area contributed by atoms with Crippen molar-refractivity contribution in [3.8, 4) is 0 Å². The number of anilines is 1. The predicted octanol–water partition coefficient (Wildman–Crippen LogP) is 1.13. The third kappa shape index (κ3) is 1.96. The average molecular weight is 233 g/mol. The highest BCUT2D eigenvalue weighted by molar-refractivity contribution is 6.15. The van der Waals surface area contributed by atoms with E-state index in [1.54, 1.807) is 12.1 Å². The number of benzene rings is 1. The molecule has 1 aliphatic heterocycles. The van der Waals surface area contributed by atoms with E-state index in [2.05, 4.69) is 0 Å². The number of hydrogen-bond donors (Lipinski definition) is 1. The molecule has 1 heterocycles. The Bertz CT molecular complexity index is 443. The maximum atomic E-state index is 12.1. The fourth-order valence-corrected chi connectivity index (χ4v) is 2.11. The van der Waals surface area contributed by atoms with Gasteiger partial charge in [0, 0.05) is 12.2 Å². The largest absolute Gasteiger partial charge is 0.373 e. The molecule has 0 radical (unpaired) electrons. The molecule has 1 atom stereocenters. The van der Waals surface area contributed by atoms with Gasteiger partial charge in [0.25, 0.3) is 5.91 Å². The molecule has 1 aromatic rings. The fraction of sp³-hybridized carbons (Fsp3) is 0.385. The van der Waals surface area contributed by atoms with Gasteiger partial charge in [-0.3, -0.25) is 9.59 Å². The maximum absolute atomic E-state index is 12.1. The van der Waals surface area contributed by atoms with Crippen LogP contribution in [0.15, 0.2) is 30.3 Å². The van der Waals surface area contributed by atoms with E-state index in [1.165, 1.54) is 11.8 Å². The first-order valence-corrected chi connectivity index (χ1v) is 5.66. The quantitative estimate of drug-likeness (QED) is 0.779. The van der Waals surface area contributed by atoms with Gasteiger partial charge in [-0.05, 0) is 31.9 Å². The molecule has 0 bridgehead atoms. The first-order valence-electron chi connectivity index (χ1n) is 5.66. The van der Waals surface area contributed by atoms with Gasteiger partial charge in [0.05, 0.1) is 0 Å². The molecular weight excluding hydrogens is 218 g/mol. The van der Waals surface area contributed by atoms with E-state index in [0.29, 0.717) is 13.0 Å². The van der Waals surface area contributed by atoms with E-state index in [-0.39, 0.29) is 6.42 Å². The summed E-state index contributed by atoms with van der Waals surface area (Å²) in [6, 6.07) is 9.09. The van der Waals surface area contributed by atoms with E-state index in [9.17, 15) is 14.7 Å². The second-order valence-electron chi connectivity index (χ2n) is 4.31. The van der Waals surface area contributed by atoms with Crippen LogP contribution in [0.1, 0.15) is 19.8 Å². The number of rotatable bonds is 2. The van der Waals surface area contributed by atoms with Crippen LogP contribution in [-0.4, -0.2) is 28.9 Å². The summed E-state index contributed by atoms with van der Waals surface area (Å²) in [6.07, 6.45) is 0.835. The summed E-state index contributed by atoms with van der Waals surface area (Å²) in [4.78, 5) is 25.0. The van der Waals surface area contributed by atoms with E-state index < -0.39 is 17.3 Å². The van der Waals surface area contributed by atoms with Crippen molar-refractivity contribution < 1.29 is 14.7 Å². The van der Waals surface area contributed by atoms with Crippen LogP contribution in [0, 0.1) is 0 Å². The van der Waals surface area contributed by atoms with Crippen molar-refractivity contribution in [1.82, 2.24) is 0 Å². The maximum Gasteiger partial charge on any atom is 0.266 e. The summed E-state index contributed by atoms with van der Waals surface area (Å²) >= 11 is 0. The van der Waals surface area contributed by atoms with Crippen LogP contribution in [0.4, 0.5) is 5.69 Å². The molecule has 4 heteroatoms. The van der Waals surface area contributed by atoms with Crippen LogP contribution in [0.5, 0.6) is 0 Å². The molecule has 2 rings (SSSR count). The number of piperidine rings is 1. The van der Waals surface area contributed by atoms with Gasteiger partial charge in [0.2, 0.25) is 5.60 Å². The summed E-state index contributed by atoms with van der Waals surface area (Å²) in [5, 5.41) is 10.1. The molecule has 1 aromatic carbocycles. The summed E-state index contributed by atoms with van der Waals surface area (Å²) in [7, 11) is 0. The number of hydrogen-bond acceptors (Lipinski definition) is 3. The monoisotopic (exact) mass is 233 g/mol. The van der Waals surface area contributed by atoms with Crippen molar-refractivity contribution in [3.05, 3.63) is 30.3 Å². The van der Waals surface area contributed by atoms with E-state index in [0.717, 1.165) is 5.69 Å². The molecular formula is C13H15NO3. The number of amides is 1. The Morgan fingerprint density at radius 2 is 2.00 bits per heavy atom. The Morgan fingerprint density at radius 1 is 1.35 bits per heavy atom. The second-order valence-corrected chi connectivity index (χ2v) is 4.31. The molecule has 0 spiro atoms. The lowest BCUT2D eigenvalue weighted by molar-refractivity contribution is -0.151. The zero-order valence-electron chi connectivity index (χ0n) is 9.72. The minimum Gasteiger partial charge on any atom is -0.373 e. The van der Waals surface area contributed by atoms with Crippen molar-refractivity contribution in [3.63, 3.8) is 0 Å². The highest BCUT2D eigenvalue weighted by atomic mass is 16.3. The van der Waals surface area contributed by atoms with Crippen molar-refractivity contribution >= 4 is 17.4 Å². The number of carbonyl (C=O) groups excluding carboxylic acids is 2. The molecule has 1 N–H and O–H groups in total. The number of nitrogens with zero attached hydrogens (tertiary/aromatic N) is 1. The summed E-state index contributed by atoms with van der Waals surface area (Å²) in [6.45, 7) is 1.80. The van der Waals surface area contributed by atoms with Crippen LogP contribution < -0.4 is 4.90 Å². The van der Waals surface area contributed by atoms with Crippen molar-refractivity contribution in [2.75, 3.05) is 11.4 Å². The van der Waals surface area contributed by atoms with Crippen molar-refractivity contribution in [2.45, 2.75) is 25.4 Å². The van der Waals surface area contributed by atoms with Crippen LogP contribution in [0.3, 0.4) is 0 Å². The van der Waals surface area contributed by atoms with Gasteiger partial charge in [-0.1, -0.05) is 18.2 Å². The molecule has 17 heavy (non-hydrogen) atoms. The number of aliphatic hydroxyl groups is 1. The Kier molecular flexibility index (Phi) is 2.98. The highest BCUT2D eigenvalue weighted by Crippen LogP contribution is 2.27. The van der Waals surface area contributed by atoms with Gasteiger partial charge in [-0.15, -0.1) is 0 Å². The lowest BCUT2D eigenvalue weighted by Crippen LogP contribution is -2.57. The number of para-hydroxylation sites is 1. The highest BCUT2D eigenvalue weighted by Gasteiger charge is 2.46. The van der Waals surface area contributed by atoms with Gasteiger partial charge in [0.15, 0.2) is 5.78 Å². The molecule has 1 aliphatic rings. The summed E-state index contributed by atoms with van der Waals surface area (Å²) in [5.74, 6) is -0.995. The number of Topliss-reactive ketones (excluding diaryl/α,β-unsaturated/α-hetero) is 1. The molecule has 0 aromatic heterocycles. The van der Waals surface area contributed by atoms with Gasteiger partial charge in [-0.25, -0.2) is 0 Å². The van der Waals surface area contributed by atoms with Gasteiger partial charge < -0.3 is 10.0 Å². The predicted molar refractivity (Wildman–Crippen MR) is 63.7 cm³/mol. The number of carbonyl (C=O) groups is 2. The summed E-state index contributed by atoms with van der Waals surface area (Å²) in [5.41, 5.74) is -1.12. The van der Waals surface area contributed by atoms with E-state index in [1.807, 2.05) is 18.2 Å². The van der Waals surface area contributed by atoms with Gasteiger partial charge in [-0.2, -0.15) is 0 Å².